The van der Waals surface area contributed by atoms with E-state index in [1.54, 1.807) is 0 Å². The predicted molar refractivity (Wildman–Crippen MR) is 117 cm³/mol. The molecule has 0 spiro atoms. The first-order valence-corrected chi connectivity index (χ1v) is 10.9. The maximum absolute atomic E-state index is 13.3. The third-order valence-corrected chi connectivity index (χ3v) is 6.68. The lowest BCUT2D eigenvalue weighted by atomic mass is 9.71. The Balaban J connectivity index is 1.29. The van der Waals surface area contributed by atoms with Crippen LogP contribution >= 0.6 is 0 Å². The topological polar surface area (TPSA) is 93.9 Å². The monoisotopic (exact) mass is 417 g/mol. The van der Waals surface area contributed by atoms with Crippen molar-refractivity contribution in [1.29, 1.82) is 0 Å². The van der Waals surface area contributed by atoms with Gasteiger partial charge in [0, 0.05) is 19.1 Å². The third-order valence-electron chi connectivity index (χ3n) is 6.68. The first-order valence-electron chi connectivity index (χ1n) is 10.9. The van der Waals surface area contributed by atoms with Gasteiger partial charge >= 0.3 is 5.69 Å². The van der Waals surface area contributed by atoms with Crippen molar-refractivity contribution in [3.63, 3.8) is 0 Å². The number of nitrogens with one attached hydrogen (secondary N) is 3. The van der Waals surface area contributed by atoms with Gasteiger partial charge in [-0.15, -0.1) is 0 Å². The number of amides is 1. The van der Waals surface area contributed by atoms with Gasteiger partial charge in [-0.2, -0.15) is 5.10 Å². The number of hydrogen-bond donors (Lipinski definition) is 3. The number of hydrogen-bond acceptors (Lipinski definition) is 4. The first-order chi connectivity index (χ1) is 15.1. The molecular weight excluding hydrogens is 390 g/mol. The molecule has 0 saturated carbocycles. The van der Waals surface area contributed by atoms with E-state index < -0.39 is 5.41 Å². The van der Waals surface area contributed by atoms with Crippen molar-refractivity contribution in [2.45, 2.75) is 38.3 Å². The van der Waals surface area contributed by atoms with E-state index in [-0.39, 0.29) is 18.1 Å². The zero-order valence-electron chi connectivity index (χ0n) is 17.4. The van der Waals surface area contributed by atoms with Gasteiger partial charge in [0.25, 0.3) is 0 Å². The van der Waals surface area contributed by atoms with E-state index in [4.69, 9.17) is 0 Å². The highest BCUT2D eigenvalue weighted by atomic mass is 16.2. The van der Waals surface area contributed by atoms with Gasteiger partial charge in [-0.1, -0.05) is 54.6 Å². The number of fused-ring (bicyclic) bond motifs is 1. The van der Waals surface area contributed by atoms with Gasteiger partial charge in [-0.25, -0.2) is 9.89 Å². The quantitative estimate of drug-likeness (QED) is 0.570. The summed E-state index contributed by atoms with van der Waals surface area (Å²) in [7, 11) is 0. The molecule has 3 N–H and O–H groups in total. The maximum Gasteiger partial charge on any atom is 0.340 e. The smallest absolute Gasteiger partial charge is 0.340 e. The number of aryl methyl sites for hydroxylation is 1. The van der Waals surface area contributed by atoms with E-state index >= 15 is 0 Å². The number of aromatic amines is 2. The molecule has 5 rings (SSSR count). The number of carbonyl (C=O) groups excluding carboxylic acids is 1. The van der Waals surface area contributed by atoms with E-state index in [0.29, 0.717) is 18.3 Å². The lowest BCUT2D eigenvalue weighted by Gasteiger charge is -2.53. The van der Waals surface area contributed by atoms with Gasteiger partial charge in [0.05, 0.1) is 12.0 Å². The van der Waals surface area contributed by atoms with Gasteiger partial charge in [-0.05, 0) is 42.4 Å². The van der Waals surface area contributed by atoms with Crippen LogP contribution in [0.4, 0.5) is 0 Å². The molecule has 1 aliphatic heterocycles. The van der Waals surface area contributed by atoms with E-state index in [0.717, 1.165) is 32.4 Å². The third kappa shape index (κ3) is 4.05. The summed E-state index contributed by atoms with van der Waals surface area (Å²) in [5, 5.41) is 9.22. The Kier molecular flexibility index (Phi) is 5.19. The summed E-state index contributed by atoms with van der Waals surface area (Å²) in [6, 6.07) is 19.4. The number of benzene rings is 2. The second-order valence-electron chi connectivity index (χ2n) is 8.82. The van der Waals surface area contributed by atoms with Crippen LogP contribution in [0.1, 0.15) is 28.9 Å². The molecule has 1 aromatic heterocycles. The highest BCUT2D eigenvalue weighted by Crippen LogP contribution is 2.39. The Morgan fingerprint density at radius 2 is 1.84 bits per heavy atom. The Morgan fingerprint density at radius 3 is 2.58 bits per heavy atom. The van der Waals surface area contributed by atoms with Crippen LogP contribution in [0.15, 0.2) is 59.4 Å². The molecule has 7 nitrogen and oxygen atoms in total. The molecular formula is C24H27N5O2. The molecule has 3 aromatic rings. The van der Waals surface area contributed by atoms with E-state index in [1.165, 1.54) is 16.7 Å². The van der Waals surface area contributed by atoms with Gasteiger partial charge in [0.1, 0.15) is 5.82 Å². The summed E-state index contributed by atoms with van der Waals surface area (Å²) >= 11 is 0. The summed E-state index contributed by atoms with van der Waals surface area (Å²) in [6.07, 6.45) is 3.99. The maximum atomic E-state index is 13.3. The molecule has 1 amide bonds. The average Bonchev–Trinajstić information content (AvgIpc) is 3.20. The van der Waals surface area contributed by atoms with E-state index in [2.05, 4.69) is 61.8 Å². The second kappa shape index (κ2) is 8.15. The molecule has 2 aliphatic rings. The SMILES string of the molecule is O=C(NCc1n[nH]c(=O)[nH]1)C1(Cc2ccccc2)CN(C2CCc3ccccc3C2)C1. The zero-order chi connectivity index (χ0) is 21.3. The molecule has 1 atom stereocenters. The molecule has 2 heterocycles. The van der Waals surface area contributed by atoms with Crippen LogP contribution in [0.2, 0.25) is 0 Å². The van der Waals surface area contributed by atoms with Crippen molar-refractivity contribution in [3.8, 4) is 0 Å². The van der Waals surface area contributed by atoms with E-state index in [9.17, 15) is 9.59 Å². The van der Waals surface area contributed by atoms with E-state index in [1.807, 2.05) is 18.2 Å². The van der Waals surface area contributed by atoms with Crippen molar-refractivity contribution in [2.24, 2.45) is 5.41 Å². The molecule has 0 bridgehead atoms. The van der Waals surface area contributed by atoms with Crippen LogP contribution in [0, 0.1) is 5.41 Å². The molecule has 31 heavy (non-hydrogen) atoms. The second-order valence-corrected chi connectivity index (χ2v) is 8.82. The summed E-state index contributed by atoms with van der Waals surface area (Å²) in [6.45, 7) is 1.71. The van der Waals surface area contributed by atoms with Crippen molar-refractivity contribution < 1.29 is 4.79 Å². The fourth-order valence-electron chi connectivity index (χ4n) is 5.04. The fourth-order valence-corrected chi connectivity index (χ4v) is 5.04. The Bertz CT molecular complexity index is 1110. The molecule has 160 valence electrons. The van der Waals surface area contributed by atoms with Crippen molar-refractivity contribution in [1.82, 2.24) is 25.4 Å². The summed E-state index contributed by atoms with van der Waals surface area (Å²) in [4.78, 5) is 29.6. The van der Waals surface area contributed by atoms with Crippen LogP contribution in [-0.4, -0.2) is 45.1 Å². The highest BCUT2D eigenvalue weighted by Gasteiger charge is 2.51. The fraction of sp³-hybridized carbons (Fsp3) is 0.375. The average molecular weight is 418 g/mol. The number of aromatic nitrogens is 3. The zero-order valence-corrected chi connectivity index (χ0v) is 17.4. The van der Waals surface area contributed by atoms with Gasteiger partial charge < -0.3 is 5.32 Å². The minimum Gasteiger partial charge on any atom is -0.348 e. The lowest BCUT2D eigenvalue weighted by Crippen LogP contribution is -2.67. The summed E-state index contributed by atoms with van der Waals surface area (Å²) < 4.78 is 0. The largest absolute Gasteiger partial charge is 0.348 e. The van der Waals surface area contributed by atoms with Gasteiger partial charge in [0.15, 0.2) is 0 Å². The lowest BCUT2D eigenvalue weighted by molar-refractivity contribution is -0.145. The number of carbonyl (C=O) groups is 1. The molecule has 7 heteroatoms. The summed E-state index contributed by atoms with van der Waals surface area (Å²) in [5.74, 6) is 0.459. The van der Waals surface area contributed by atoms with Crippen molar-refractivity contribution >= 4 is 5.91 Å². The molecule has 1 unspecified atom stereocenters. The minimum atomic E-state index is -0.463. The van der Waals surface area contributed by atoms with Crippen LogP contribution in [-0.2, 0) is 30.6 Å². The number of likely N-dealkylation sites (tertiary alicyclic amines) is 1. The van der Waals surface area contributed by atoms with Crippen LogP contribution in [0.25, 0.3) is 0 Å². The normalized spacial score (nSPS) is 19.9. The Hall–Kier alpha value is -3.19. The minimum absolute atomic E-state index is 0.0210. The van der Waals surface area contributed by atoms with Crippen LogP contribution < -0.4 is 11.0 Å². The van der Waals surface area contributed by atoms with Crippen molar-refractivity contribution in [2.75, 3.05) is 13.1 Å². The molecule has 2 aromatic carbocycles. The number of rotatable bonds is 6. The molecule has 1 saturated heterocycles. The van der Waals surface area contributed by atoms with Crippen molar-refractivity contribution in [3.05, 3.63) is 87.6 Å². The first kappa shape index (κ1) is 19.8. The number of nitrogens with zero attached hydrogens (tertiary/aromatic N) is 2. The Morgan fingerprint density at radius 1 is 1.10 bits per heavy atom. The predicted octanol–water partition coefficient (Wildman–Crippen LogP) is 1.82. The van der Waals surface area contributed by atoms with Gasteiger partial charge in [0.2, 0.25) is 5.91 Å². The molecule has 0 radical (unpaired) electrons. The van der Waals surface area contributed by atoms with Crippen LogP contribution in [0.3, 0.4) is 0 Å². The van der Waals surface area contributed by atoms with Gasteiger partial charge in [-0.3, -0.25) is 14.7 Å². The highest BCUT2D eigenvalue weighted by molar-refractivity contribution is 5.84. The molecule has 1 aliphatic carbocycles. The summed E-state index contributed by atoms with van der Waals surface area (Å²) in [5.41, 5.74) is 3.23. The standard InChI is InChI=1S/C24H27N5O2/c30-22(25-14-21-26-23(31)28-27-21)24(13-17-6-2-1-3-7-17)15-29(16-24)20-11-10-18-8-4-5-9-19(18)12-20/h1-9,20H,10-16H2,(H,25,30)(H2,26,27,28,31). The number of H-pyrrole nitrogens is 2. The van der Waals surface area contributed by atoms with Crippen LogP contribution in [0.5, 0.6) is 0 Å². The molecule has 1 fully saturated rings. The Labute approximate surface area is 180 Å².